The molecule has 1 aromatic heterocycles. The molecule has 166 valence electrons. The number of hydrogen-bond acceptors (Lipinski definition) is 4. The number of aromatic carboxylic acids is 1. The second-order valence-electron chi connectivity index (χ2n) is 7.93. The lowest BCUT2D eigenvalue weighted by Crippen LogP contribution is -2.19. The smallest absolute Gasteiger partial charge is 0.339 e. The highest BCUT2D eigenvalue weighted by molar-refractivity contribution is 5.92. The maximum absolute atomic E-state index is 11.3. The molecule has 2 N–H and O–H groups in total. The minimum Gasteiger partial charge on any atom is -0.478 e. The minimum absolute atomic E-state index is 0.180. The van der Waals surface area contributed by atoms with Gasteiger partial charge < -0.3 is 15.2 Å². The summed E-state index contributed by atoms with van der Waals surface area (Å²) in [6, 6.07) is 3.19. The first-order valence-electron chi connectivity index (χ1n) is 11.7. The second kappa shape index (κ2) is 17.3. The van der Waals surface area contributed by atoms with Crippen molar-refractivity contribution in [1.82, 2.24) is 4.98 Å². The number of pyridine rings is 1. The zero-order valence-electron chi connectivity index (χ0n) is 18.6. The van der Waals surface area contributed by atoms with E-state index >= 15 is 0 Å². The molecule has 0 aromatic carbocycles. The van der Waals surface area contributed by atoms with Gasteiger partial charge in [-0.05, 0) is 25.0 Å². The van der Waals surface area contributed by atoms with Gasteiger partial charge >= 0.3 is 5.97 Å². The fourth-order valence-corrected chi connectivity index (χ4v) is 3.56. The first kappa shape index (κ1) is 25.4. The fourth-order valence-electron chi connectivity index (χ4n) is 3.56. The van der Waals surface area contributed by atoms with Crippen molar-refractivity contribution in [3.63, 3.8) is 0 Å². The summed E-state index contributed by atoms with van der Waals surface area (Å²) in [5.41, 5.74) is 0.180. The van der Waals surface area contributed by atoms with Crippen LogP contribution in [-0.2, 0) is 4.74 Å². The van der Waals surface area contributed by atoms with Gasteiger partial charge in [0.2, 0.25) is 0 Å². The molecule has 1 aromatic rings. The van der Waals surface area contributed by atoms with Crippen LogP contribution in [0.2, 0.25) is 0 Å². The summed E-state index contributed by atoms with van der Waals surface area (Å²) >= 11 is 0. The predicted octanol–water partition coefficient (Wildman–Crippen LogP) is 7.04. The van der Waals surface area contributed by atoms with E-state index in [9.17, 15) is 9.90 Å². The lowest BCUT2D eigenvalue weighted by Gasteiger charge is -2.19. The molecule has 5 nitrogen and oxygen atoms in total. The molecule has 0 aliphatic heterocycles. The van der Waals surface area contributed by atoms with Gasteiger partial charge in [0, 0.05) is 6.20 Å². The Morgan fingerprint density at radius 1 is 0.966 bits per heavy atom. The standard InChI is InChI=1S/C24H42N2O3/c1-3-5-7-9-10-12-14-17-21(16-13-11-8-6-4-2)29-20-26-23-22(24(27)28)18-15-19-25-23/h15,18-19,21H,3-14,16-17,20H2,1-2H3,(H,25,26)(H,27,28). The molecule has 0 bridgehead atoms. The van der Waals surface area contributed by atoms with Crippen LogP contribution in [0.1, 0.15) is 114 Å². The zero-order chi connectivity index (χ0) is 21.2. The third kappa shape index (κ3) is 12.5. The Bertz CT molecular complexity index is 537. The Balaban J connectivity index is 2.37. The van der Waals surface area contributed by atoms with Gasteiger partial charge in [0.05, 0.1) is 6.10 Å². The molecule has 0 aliphatic carbocycles. The molecule has 0 amide bonds. The predicted molar refractivity (Wildman–Crippen MR) is 121 cm³/mol. The summed E-state index contributed by atoms with van der Waals surface area (Å²) in [6.07, 6.45) is 19.5. The number of nitrogens with one attached hydrogen (secondary N) is 1. The van der Waals surface area contributed by atoms with Crippen LogP contribution in [0.3, 0.4) is 0 Å². The minimum atomic E-state index is -0.976. The average Bonchev–Trinajstić information content (AvgIpc) is 2.72. The maximum atomic E-state index is 11.3. The molecule has 0 radical (unpaired) electrons. The number of aromatic nitrogens is 1. The molecule has 0 saturated carbocycles. The molecule has 0 fully saturated rings. The Kier molecular flexibility index (Phi) is 15.1. The van der Waals surface area contributed by atoms with Crippen LogP contribution in [0.4, 0.5) is 5.82 Å². The van der Waals surface area contributed by atoms with Crippen LogP contribution < -0.4 is 5.32 Å². The summed E-state index contributed by atoms with van der Waals surface area (Å²) in [4.78, 5) is 15.4. The van der Waals surface area contributed by atoms with E-state index in [1.54, 1.807) is 18.3 Å². The average molecular weight is 407 g/mol. The molecule has 1 heterocycles. The molecule has 0 saturated heterocycles. The monoisotopic (exact) mass is 406 g/mol. The van der Waals surface area contributed by atoms with Crippen LogP contribution >= 0.6 is 0 Å². The number of anilines is 1. The number of carboxylic acid groups (broad SMARTS) is 1. The van der Waals surface area contributed by atoms with Crippen LogP contribution in [0, 0.1) is 0 Å². The summed E-state index contributed by atoms with van der Waals surface area (Å²) < 4.78 is 6.09. The number of rotatable bonds is 19. The number of nitrogens with zero attached hydrogens (tertiary/aromatic N) is 1. The van der Waals surface area contributed by atoms with E-state index in [4.69, 9.17) is 4.74 Å². The number of carbonyl (C=O) groups is 1. The van der Waals surface area contributed by atoms with Crippen LogP contribution in [0.25, 0.3) is 0 Å². The third-order valence-electron chi connectivity index (χ3n) is 5.36. The molecule has 1 atom stereocenters. The quantitative estimate of drug-likeness (QED) is 0.190. The molecular weight excluding hydrogens is 364 g/mol. The van der Waals surface area contributed by atoms with Crippen molar-refractivity contribution in [2.45, 2.75) is 110 Å². The highest BCUT2D eigenvalue weighted by Crippen LogP contribution is 2.17. The summed E-state index contributed by atoms with van der Waals surface area (Å²) in [6.45, 7) is 4.79. The van der Waals surface area contributed by atoms with E-state index in [0.29, 0.717) is 12.5 Å². The summed E-state index contributed by atoms with van der Waals surface area (Å²) in [7, 11) is 0. The van der Waals surface area contributed by atoms with Crippen molar-refractivity contribution in [2.75, 3.05) is 12.0 Å². The summed E-state index contributed by atoms with van der Waals surface area (Å²) in [5.74, 6) is -0.603. The van der Waals surface area contributed by atoms with Gasteiger partial charge in [-0.25, -0.2) is 9.78 Å². The van der Waals surface area contributed by atoms with E-state index in [0.717, 1.165) is 12.8 Å². The third-order valence-corrected chi connectivity index (χ3v) is 5.36. The highest BCUT2D eigenvalue weighted by Gasteiger charge is 2.12. The van der Waals surface area contributed by atoms with Gasteiger partial charge in [0.15, 0.2) is 0 Å². The van der Waals surface area contributed by atoms with Gasteiger partial charge in [-0.15, -0.1) is 0 Å². The summed E-state index contributed by atoms with van der Waals surface area (Å²) in [5, 5.41) is 12.3. The molecule has 0 aliphatic rings. The number of unbranched alkanes of at least 4 members (excludes halogenated alkanes) is 10. The second-order valence-corrected chi connectivity index (χ2v) is 7.93. The van der Waals surface area contributed by atoms with E-state index in [-0.39, 0.29) is 11.7 Å². The lowest BCUT2D eigenvalue weighted by atomic mass is 10.0. The van der Waals surface area contributed by atoms with E-state index < -0.39 is 5.97 Å². The maximum Gasteiger partial charge on any atom is 0.339 e. The van der Waals surface area contributed by atoms with Gasteiger partial charge in [0.1, 0.15) is 18.1 Å². The SMILES string of the molecule is CCCCCCCCCC(CCCCCCC)OCNc1ncccc1C(=O)O. The van der Waals surface area contributed by atoms with Crippen molar-refractivity contribution in [3.05, 3.63) is 23.9 Å². The van der Waals surface area contributed by atoms with Crippen LogP contribution in [-0.4, -0.2) is 28.9 Å². The Morgan fingerprint density at radius 2 is 1.52 bits per heavy atom. The van der Waals surface area contributed by atoms with E-state index in [1.807, 2.05) is 0 Å². The van der Waals surface area contributed by atoms with Crippen molar-refractivity contribution in [3.8, 4) is 0 Å². The molecule has 1 rings (SSSR count). The normalized spacial score (nSPS) is 12.1. The molecule has 29 heavy (non-hydrogen) atoms. The van der Waals surface area contributed by atoms with Gasteiger partial charge in [-0.2, -0.15) is 0 Å². The molecule has 1 unspecified atom stereocenters. The largest absolute Gasteiger partial charge is 0.478 e. The first-order chi connectivity index (χ1) is 14.2. The molecular formula is C24H42N2O3. The number of ether oxygens (including phenoxy) is 1. The van der Waals surface area contributed by atoms with Crippen molar-refractivity contribution in [1.29, 1.82) is 0 Å². The Hall–Kier alpha value is -1.62. The number of hydrogen-bond donors (Lipinski definition) is 2. The van der Waals surface area contributed by atoms with Crippen LogP contribution in [0.15, 0.2) is 18.3 Å². The van der Waals surface area contributed by atoms with E-state index in [2.05, 4.69) is 24.1 Å². The van der Waals surface area contributed by atoms with Crippen molar-refractivity contribution < 1.29 is 14.6 Å². The fraction of sp³-hybridized carbons (Fsp3) is 0.750. The van der Waals surface area contributed by atoms with Gasteiger partial charge in [-0.3, -0.25) is 0 Å². The van der Waals surface area contributed by atoms with Crippen LogP contribution in [0.5, 0.6) is 0 Å². The Labute approximate surface area is 177 Å². The number of carboxylic acids is 1. The van der Waals surface area contributed by atoms with Gasteiger partial charge in [0.25, 0.3) is 0 Å². The first-order valence-corrected chi connectivity index (χ1v) is 11.7. The Morgan fingerprint density at radius 3 is 2.07 bits per heavy atom. The lowest BCUT2D eigenvalue weighted by molar-refractivity contribution is 0.0501. The van der Waals surface area contributed by atoms with Crippen molar-refractivity contribution in [2.24, 2.45) is 0 Å². The zero-order valence-corrected chi connectivity index (χ0v) is 18.6. The van der Waals surface area contributed by atoms with E-state index in [1.165, 1.54) is 77.0 Å². The topological polar surface area (TPSA) is 71.5 Å². The molecule has 0 spiro atoms. The highest BCUT2D eigenvalue weighted by atomic mass is 16.5. The van der Waals surface area contributed by atoms with Gasteiger partial charge in [-0.1, -0.05) is 90.9 Å². The van der Waals surface area contributed by atoms with Crippen molar-refractivity contribution >= 4 is 11.8 Å². The molecule has 5 heteroatoms.